The molecule has 0 aliphatic carbocycles. The molecule has 0 saturated heterocycles. The third kappa shape index (κ3) is 3.25. The van der Waals surface area contributed by atoms with Crippen LogP contribution in [0.15, 0.2) is 59.1 Å². The molecule has 1 aromatic heterocycles. The summed E-state index contributed by atoms with van der Waals surface area (Å²) < 4.78 is 6.13. The second kappa shape index (κ2) is 6.01. The minimum absolute atomic E-state index is 0.247. The van der Waals surface area contributed by atoms with Crippen molar-refractivity contribution >= 4 is 38.7 Å². The maximum atomic E-state index is 11.8. The molecule has 0 bridgehead atoms. The maximum absolute atomic E-state index is 11.8. The quantitative estimate of drug-likeness (QED) is 0.724. The molecule has 0 saturated carbocycles. The first kappa shape index (κ1) is 13.7. The number of nitrogens with one attached hydrogen (secondary N) is 2. The van der Waals surface area contributed by atoms with E-state index in [9.17, 15) is 4.79 Å². The number of carbonyl (C=O) groups is 1. The molecule has 4 nitrogen and oxygen atoms in total. The van der Waals surface area contributed by atoms with E-state index in [4.69, 9.17) is 4.74 Å². The average molecular weight is 345 g/mol. The zero-order chi connectivity index (χ0) is 14.7. The second-order valence-electron chi connectivity index (χ2n) is 4.57. The smallest absolute Gasteiger partial charge is 0.413 e. The van der Waals surface area contributed by atoms with Gasteiger partial charge in [0.15, 0.2) is 0 Å². The Morgan fingerprint density at radius 1 is 1.14 bits per heavy atom. The number of fused-ring (bicyclic) bond motifs is 1. The Bertz CT molecular complexity index is 768. The van der Waals surface area contributed by atoms with Crippen molar-refractivity contribution in [2.75, 3.05) is 5.32 Å². The number of amides is 1. The molecule has 2 aromatic carbocycles. The van der Waals surface area contributed by atoms with Crippen molar-refractivity contribution in [2.45, 2.75) is 6.61 Å². The van der Waals surface area contributed by atoms with Crippen LogP contribution in [0, 0.1) is 0 Å². The predicted molar refractivity (Wildman–Crippen MR) is 86.2 cm³/mol. The minimum Gasteiger partial charge on any atom is -0.444 e. The van der Waals surface area contributed by atoms with Crippen LogP contribution in [-0.2, 0) is 11.3 Å². The standard InChI is InChI=1S/C16H13BrN2O2/c17-13-8-4-7-12-9-14(18-15(12)13)19-16(20)21-10-11-5-2-1-3-6-11/h1-9,18H,10H2,(H,19,20). The van der Waals surface area contributed by atoms with Gasteiger partial charge in [0.1, 0.15) is 12.4 Å². The van der Waals surface area contributed by atoms with Gasteiger partial charge < -0.3 is 9.72 Å². The van der Waals surface area contributed by atoms with Crippen LogP contribution in [0.5, 0.6) is 0 Å². The fourth-order valence-electron chi connectivity index (χ4n) is 2.06. The number of aromatic nitrogens is 1. The Labute approximate surface area is 130 Å². The van der Waals surface area contributed by atoms with Gasteiger partial charge >= 0.3 is 6.09 Å². The van der Waals surface area contributed by atoms with E-state index < -0.39 is 6.09 Å². The first-order valence-electron chi connectivity index (χ1n) is 6.47. The fourth-order valence-corrected chi connectivity index (χ4v) is 2.54. The Hall–Kier alpha value is -2.27. The van der Waals surface area contributed by atoms with Gasteiger partial charge in [0.05, 0.1) is 5.52 Å². The van der Waals surface area contributed by atoms with Crippen LogP contribution in [0.2, 0.25) is 0 Å². The summed E-state index contributed by atoms with van der Waals surface area (Å²) in [5.74, 6) is 0.606. The summed E-state index contributed by atoms with van der Waals surface area (Å²) in [6.45, 7) is 0.247. The molecule has 106 valence electrons. The summed E-state index contributed by atoms with van der Waals surface area (Å²) in [4.78, 5) is 14.9. The van der Waals surface area contributed by atoms with E-state index in [1.165, 1.54) is 0 Å². The molecular weight excluding hydrogens is 332 g/mol. The number of benzene rings is 2. The zero-order valence-corrected chi connectivity index (χ0v) is 12.7. The van der Waals surface area contributed by atoms with Gasteiger partial charge in [0, 0.05) is 9.86 Å². The number of para-hydroxylation sites is 1. The molecule has 1 heterocycles. The molecule has 0 spiro atoms. The van der Waals surface area contributed by atoms with Gasteiger partial charge in [-0.1, -0.05) is 42.5 Å². The highest BCUT2D eigenvalue weighted by molar-refractivity contribution is 9.10. The summed E-state index contributed by atoms with van der Waals surface area (Å²) >= 11 is 3.46. The highest BCUT2D eigenvalue weighted by Crippen LogP contribution is 2.25. The third-order valence-electron chi connectivity index (χ3n) is 3.05. The van der Waals surface area contributed by atoms with Crippen LogP contribution >= 0.6 is 15.9 Å². The molecule has 3 rings (SSSR count). The van der Waals surface area contributed by atoms with Crippen LogP contribution < -0.4 is 5.32 Å². The van der Waals surface area contributed by atoms with Gasteiger partial charge in [-0.05, 0) is 33.6 Å². The molecule has 0 unspecified atom stereocenters. The number of hydrogen-bond donors (Lipinski definition) is 2. The molecule has 0 radical (unpaired) electrons. The molecule has 0 aliphatic rings. The van der Waals surface area contributed by atoms with Crippen molar-refractivity contribution in [1.29, 1.82) is 0 Å². The number of anilines is 1. The van der Waals surface area contributed by atoms with Crippen molar-refractivity contribution in [3.05, 3.63) is 64.6 Å². The summed E-state index contributed by atoms with van der Waals surface area (Å²) in [5.41, 5.74) is 1.89. The molecule has 0 aliphatic heterocycles. The van der Waals surface area contributed by atoms with Crippen molar-refractivity contribution in [3.63, 3.8) is 0 Å². The summed E-state index contributed by atoms with van der Waals surface area (Å²) in [6, 6.07) is 17.3. The molecule has 0 fully saturated rings. The van der Waals surface area contributed by atoms with Crippen molar-refractivity contribution in [2.24, 2.45) is 0 Å². The third-order valence-corrected chi connectivity index (χ3v) is 3.72. The van der Waals surface area contributed by atoms with E-state index in [0.717, 1.165) is 20.9 Å². The lowest BCUT2D eigenvalue weighted by atomic mass is 10.2. The largest absolute Gasteiger partial charge is 0.444 e. The number of halogens is 1. The van der Waals surface area contributed by atoms with Gasteiger partial charge in [-0.3, -0.25) is 5.32 Å². The van der Waals surface area contributed by atoms with Gasteiger partial charge in [-0.25, -0.2) is 4.79 Å². The van der Waals surface area contributed by atoms with Gasteiger partial charge in [0.2, 0.25) is 0 Å². The predicted octanol–water partition coefficient (Wildman–Crippen LogP) is 4.68. The zero-order valence-electron chi connectivity index (χ0n) is 11.1. The maximum Gasteiger partial charge on any atom is 0.413 e. The van der Waals surface area contributed by atoms with Crippen molar-refractivity contribution < 1.29 is 9.53 Å². The lowest BCUT2D eigenvalue weighted by Crippen LogP contribution is -2.13. The summed E-state index contributed by atoms with van der Waals surface area (Å²) in [7, 11) is 0. The Morgan fingerprint density at radius 3 is 2.71 bits per heavy atom. The molecule has 3 aromatic rings. The first-order valence-corrected chi connectivity index (χ1v) is 7.26. The van der Waals surface area contributed by atoms with E-state index >= 15 is 0 Å². The molecule has 1 amide bonds. The van der Waals surface area contributed by atoms with Crippen molar-refractivity contribution in [1.82, 2.24) is 4.98 Å². The van der Waals surface area contributed by atoms with E-state index in [1.54, 1.807) is 0 Å². The van der Waals surface area contributed by atoms with Crippen LogP contribution in [0.4, 0.5) is 10.6 Å². The first-order chi connectivity index (χ1) is 10.2. The Balaban J connectivity index is 1.65. The number of carbonyl (C=O) groups excluding carboxylic acids is 1. The topological polar surface area (TPSA) is 54.1 Å². The molecule has 21 heavy (non-hydrogen) atoms. The molecular formula is C16H13BrN2O2. The summed E-state index contributed by atoms with van der Waals surface area (Å²) in [6.07, 6.45) is -0.485. The highest BCUT2D eigenvalue weighted by atomic mass is 79.9. The molecule has 0 atom stereocenters. The molecule has 2 N–H and O–H groups in total. The van der Waals surface area contributed by atoms with Gasteiger partial charge in [0.25, 0.3) is 0 Å². The average Bonchev–Trinajstić information content (AvgIpc) is 2.90. The van der Waals surface area contributed by atoms with Gasteiger partial charge in [-0.15, -0.1) is 0 Å². The number of H-pyrrole nitrogens is 1. The van der Waals surface area contributed by atoms with E-state index in [0.29, 0.717) is 5.82 Å². The Kier molecular flexibility index (Phi) is 3.92. The second-order valence-corrected chi connectivity index (χ2v) is 5.43. The lowest BCUT2D eigenvalue weighted by molar-refractivity contribution is 0.155. The monoisotopic (exact) mass is 344 g/mol. The minimum atomic E-state index is -0.485. The number of ether oxygens (including phenoxy) is 1. The normalized spacial score (nSPS) is 10.5. The van der Waals surface area contributed by atoms with Crippen molar-refractivity contribution in [3.8, 4) is 0 Å². The van der Waals surface area contributed by atoms with E-state index in [1.807, 2.05) is 54.6 Å². The number of rotatable bonds is 3. The van der Waals surface area contributed by atoms with E-state index in [-0.39, 0.29) is 6.61 Å². The number of aromatic amines is 1. The fraction of sp³-hybridized carbons (Fsp3) is 0.0625. The Morgan fingerprint density at radius 2 is 1.95 bits per heavy atom. The van der Waals surface area contributed by atoms with Gasteiger partial charge in [-0.2, -0.15) is 0 Å². The van der Waals surface area contributed by atoms with Crippen LogP contribution in [0.1, 0.15) is 5.56 Å². The summed E-state index contributed by atoms with van der Waals surface area (Å²) in [5, 5.41) is 3.71. The molecule has 5 heteroatoms. The number of hydrogen-bond acceptors (Lipinski definition) is 2. The van der Waals surface area contributed by atoms with Crippen LogP contribution in [-0.4, -0.2) is 11.1 Å². The lowest BCUT2D eigenvalue weighted by Gasteiger charge is -2.05. The van der Waals surface area contributed by atoms with E-state index in [2.05, 4.69) is 26.2 Å². The highest BCUT2D eigenvalue weighted by Gasteiger charge is 2.08. The van der Waals surface area contributed by atoms with Crippen LogP contribution in [0.25, 0.3) is 10.9 Å². The van der Waals surface area contributed by atoms with Crippen LogP contribution in [0.3, 0.4) is 0 Å². The SMILES string of the molecule is O=C(Nc1cc2cccc(Br)c2[nH]1)OCc1ccccc1.